The van der Waals surface area contributed by atoms with Gasteiger partial charge in [-0.2, -0.15) is 10.5 Å². The number of fused-ring (bicyclic) bond motifs is 1. The molecule has 1 aliphatic rings. The monoisotopic (exact) mass is 428 g/mol. The van der Waals surface area contributed by atoms with E-state index >= 15 is 0 Å². The quantitative estimate of drug-likeness (QED) is 0.538. The first-order valence-corrected chi connectivity index (χ1v) is 10.7. The minimum Gasteiger partial charge on any atom is -0.479 e. The molecule has 1 amide bonds. The summed E-state index contributed by atoms with van der Waals surface area (Å²) in [5.74, 6) is 0.608. The summed E-state index contributed by atoms with van der Waals surface area (Å²) in [4.78, 5) is 11.9. The van der Waals surface area contributed by atoms with Gasteiger partial charge in [0.15, 0.2) is 6.61 Å². The van der Waals surface area contributed by atoms with Crippen LogP contribution in [0.2, 0.25) is 0 Å². The molecular weight excluding hydrogens is 404 g/mol. The summed E-state index contributed by atoms with van der Waals surface area (Å²) in [5, 5.41) is 22.4. The number of carbonyl (C=O) groups is 1. The number of hydrogen-bond donors (Lipinski definition) is 1. The highest BCUT2D eigenvalue weighted by molar-refractivity contribution is 5.96. The van der Waals surface area contributed by atoms with Gasteiger partial charge in [-0.1, -0.05) is 12.1 Å². The summed E-state index contributed by atoms with van der Waals surface area (Å²) in [6.07, 6.45) is 2.54. The van der Waals surface area contributed by atoms with Gasteiger partial charge in [0, 0.05) is 23.2 Å². The normalized spacial score (nSPS) is 13.3. The van der Waals surface area contributed by atoms with Crippen molar-refractivity contribution in [1.82, 2.24) is 4.57 Å². The molecule has 7 nitrogen and oxygen atoms in total. The highest BCUT2D eigenvalue weighted by Crippen LogP contribution is 2.43. The van der Waals surface area contributed by atoms with E-state index in [0.29, 0.717) is 23.0 Å². The third-order valence-electron chi connectivity index (χ3n) is 5.58. The number of ether oxygens (including phenoxy) is 2. The summed E-state index contributed by atoms with van der Waals surface area (Å²) >= 11 is 0. The summed E-state index contributed by atoms with van der Waals surface area (Å²) in [6.45, 7) is 3.56. The number of anilines is 1. The van der Waals surface area contributed by atoms with Crippen molar-refractivity contribution in [2.24, 2.45) is 0 Å². The fourth-order valence-corrected chi connectivity index (χ4v) is 3.99. The Kier molecular flexibility index (Phi) is 6.00. The zero-order valence-electron chi connectivity index (χ0n) is 18.1. The van der Waals surface area contributed by atoms with Gasteiger partial charge in [0.1, 0.15) is 17.9 Å². The summed E-state index contributed by atoms with van der Waals surface area (Å²) < 4.78 is 12.9. The molecule has 0 bridgehead atoms. The number of amides is 1. The lowest BCUT2D eigenvalue weighted by Gasteiger charge is -2.30. The van der Waals surface area contributed by atoms with Crippen LogP contribution in [0, 0.1) is 22.7 Å². The average Bonchev–Trinajstić information content (AvgIpc) is 3.04. The Hall–Kier alpha value is -3.97. The van der Waals surface area contributed by atoms with Crippen molar-refractivity contribution in [3.8, 4) is 29.1 Å². The first kappa shape index (κ1) is 21.3. The average molecular weight is 428 g/mol. The van der Waals surface area contributed by atoms with E-state index in [4.69, 9.17) is 14.7 Å². The molecule has 162 valence electrons. The molecular formula is C25H24N4O3. The molecule has 1 saturated carbocycles. The third-order valence-corrected chi connectivity index (χ3v) is 5.58. The fourth-order valence-electron chi connectivity index (χ4n) is 3.99. The summed E-state index contributed by atoms with van der Waals surface area (Å²) in [7, 11) is 0. The maximum Gasteiger partial charge on any atom is 0.411 e. The van der Waals surface area contributed by atoms with Crippen LogP contribution in [0.1, 0.15) is 44.7 Å². The smallest absolute Gasteiger partial charge is 0.411 e. The van der Waals surface area contributed by atoms with Gasteiger partial charge < -0.3 is 14.0 Å². The van der Waals surface area contributed by atoms with Crippen LogP contribution in [0.4, 0.5) is 10.5 Å². The van der Waals surface area contributed by atoms with E-state index in [1.807, 2.05) is 42.5 Å². The number of benzene rings is 2. The van der Waals surface area contributed by atoms with Gasteiger partial charge in [0.25, 0.3) is 0 Å². The van der Waals surface area contributed by atoms with Crippen molar-refractivity contribution >= 4 is 22.7 Å². The van der Waals surface area contributed by atoms with E-state index in [0.717, 1.165) is 41.4 Å². The SMILES string of the molecule is CC(C)OC(=O)Nc1ccc(-c2c(C#N)c3ccc(OCC#N)cc3n2C2CCC2)cc1. The van der Waals surface area contributed by atoms with Gasteiger partial charge >= 0.3 is 6.09 Å². The van der Waals surface area contributed by atoms with Gasteiger partial charge in [0.2, 0.25) is 0 Å². The number of nitriles is 2. The van der Waals surface area contributed by atoms with Crippen LogP contribution in [0.15, 0.2) is 42.5 Å². The molecule has 1 aromatic heterocycles. The number of aromatic nitrogens is 1. The van der Waals surface area contributed by atoms with Crippen LogP contribution in [0.5, 0.6) is 5.75 Å². The van der Waals surface area contributed by atoms with E-state index in [-0.39, 0.29) is 12.7 Å². The van der Waals surface area contributed by atoms with Crippen LogP contribution in [0.3, 0.4) is 0 Å². The molecule has 0 saturated heterocycles. The van der Waals surface area contributed by atoms with E-state index < -0.39 is 6.09 Å². The van der Waals surface area contributed by atoms with Crippen molar-refractivity contribution in [2.45, 2.75) is 45.3 Å². The molecule has 32 heavy (non-hydrogen) atoms. The molecule has 4 rings (SSSR count). The lowest BCUT2D eigenvalue weighted by atomic mass is 9.92. The molecule has 1 heterocycles. The first-order chi connectivity index (χ1) is 15.5. The Bertz CT molecular complexity index is 1230. The molecule has 3 aromatic rings. The zero-order chi connectivity index (χ0) is 22.7. The second-order valence-corrected chi connectivity index (χ2v) is 8.07. The predicted molar refractivity (Wildman–Crippen MR) is 121 cm³/mol. The van der Waals surface area contributed by atoms with E-state index in [1.165, 1.54) is 0 Å². The lowest BCUT2D eigenvalue weighted by Crippen LogP contribution is -2.18. The van der Waals surface area contributed by atoms with E-state index in [1.54, 1.807) is 19.9 Å². The largest absolute Gasteiger partial charge is 0.479 e. The number of hydrogen-bond acceptors (Lipinski definition) is 5. The molecule has 0 radical (unpaired) electrons. The number of nitrogens with one attached hydrogen (secondary N) is 1. The molecule has 1 N–H and O–H groups in total. The van der Waals surface area contributed by atoms with Gasteiger partial charge in [-0.05, 0) is 62.9 Å². The zero-order valence-corrected chi connectivity index (χ0v) is 18.1. The first-order valence-electron chi connectivity index (χ1n) is 10.7. The van der Waals surface area contributed by atoms with Gasteiger partial charge in [-0.15, -0.1) is 0 Å². The van der Waals surface area contributed by atoms with Crippen LogP contribution in [0.25, 0.3) is 22.2 Å². The minimum atomic E-state index is -0.501. The lowest BCUT2D eigenvalue weighted by molar-refractivity contribution is 0.130. The predicted octanol–water partition coefficient (Wildman–Crippen LogP) is 5.76. The van der Waals surface area contributed by atoms with E-state index in [2.05, 4.69) is 16.0 Å². The standard InChI is InChI=1S/C25H24N4O3/c1-16(2)32-25(30)28-18-8-6-17(7-9-18)24-22(15-27)21-11-10-20(31-13-12-26)14-23(21)29(24)19-4-3-5-19/h6-11,14,16,19H,3-5,13H2,1-2H3,(H,28,30). The Morgan fingerprint density at radius 1 is 1.19 bits per heavy atom. The molecule has 0 spiro atoms. The maximum atomic E-state index is 11.9. The minimum absolute atomic E-state index is 0.0265. The number of carbonyl (C=O) groups excluding carboxylic acids is 1. The topological polar surface area (TPSA) is 100 Å². The number of nitrogens with zero attached hydrogens (tertiary/aromatic N) is 3. The van der Waals surface area contributed by atoms with E-state index in [9.17, 15) is 10.1 Å². The molecule has 2 aromatic carbocycles. The van der Waals surface area contributed by atoms with Gasteiger partial charge in [0.05, 0.1) is 22.9 Å². The Morgan fingerprint density at radius 2 is 1.94 bits per heavy atom. The van der Waals surface area contributed by atoms with Crippen LogP contribution < -0.4 is 10.1 Å². The molecule has 1 fully saturated rings. The molecule has 7 heteroatoms. The highest BCUT2D eigenvalue weighted by atomic mass is 16.6. The Labute approximate surface area is 186 Å². The fraction of sp³-hybridized carbons (Fsp3) is 0.320. The van der Waals surface area contributed by atoms with Crippen LogP contribution >= 0.6 is 0 Å². The van der Waals surface area contributed by atoms with Crippen molar-refractivity contribution in [3.05, 3.63) is 48.0 Å². The maximum absolute atomic E-state index is 11.9. The summed E-state index contributed by atoms with van der Waals surface area (Å²) in [6, 6.07) is 17.7. The van der Waals surface area contributed by atoms with Crippen molar-refractivity contribution in [2.75, 3.05) is 11.9 Å². The Balaban J connectivity index is 1.77. The summed E-state index contributed by atoms with van der Waals surface area (Å²) in [5.41, 5.74) is 3.92. The third kappa shape index (κ3) is 4.10. The molecule has 0 atom stereocenters. The second-order valence-electron chi connectivity index (χ2n) is 8.07. The molecule has 1 aliphatic carbocycles. The molecule has 0 aliphatic heterocycles. The van der Waals surface area contributed by atoms with Crippen LogP contribution in [-0.2, 0) is 4.74 Å². The van der Waals surface area contributed by atoms with Gasteiger partial charge in [-0.25, -0.2) is 4.79 Å². The van der Waals surface area contributed by atoms with Crippen molar-refractivity contribution in [3.63, 3.8) is 0 Å². The van der Waals surface area contributed by atoms with Gasteiger partial charge in [-0.3, -0.25) is 5.32 Å². The van der Waals surface area contributed by atoms with Crippen molar-refractivity contribution in [1.29, 1.82) is 10.5 Å². The Morgan fingerprint density at radius 3 is 2.53 bits per heavy atom. The molecule has 0 unspecified atom stereocenters. The highest BCUT2D eigenvalue weighted by Gasteiger charge is 2.28. The second kappa shape index (κ2) is 9.03. The number of rotatable bonds is 6. The van der Waals surface area contributed by atoms with Crippen molar-refractivity contribution < 1.29 is 14.3 Å². The van der Waals surface area contributed by atoms with Crippen LogP contribution in [-0.4, -0.2) is 23.4 Å².